The van der Waals surface area contributed by atoms with Crippen LogP contribution in [0.5, 0.6) is 0 Å². The van der Waals surface area contributed by atoms with E-state index in [2.05, 4.69) is 10.3 Å². The summed E-state index contributed by atoms with van der Waals surface area (Å²) in [7, 11) is 0. The van der Waals surface area contributed by atoms with Gasteiger partial charge in [-0.3, -0.25) is 9.59 Å². The molecule has 1 atom stereocenters. The zero-order chi connectivity index (χ0) is 35.8. The molecular weight excluding hydrogens is 650 g/mol. The summed E-state index contributed by atoms with van der Waals surface area (Å²) in [6.07, 6.45) is 0.304. The van der Waals surface area contributed by atoms with Gasteiger partial charge in [-0.2, -0.15) is 0 Å². The van der Waals surface area contributed by atoms with Crippen LogP contribution in [0.2, 0.25) is 0 Å². The Balaban J connectivity index is 1.62. The van der Waals surface area contributed by atoms with Gasteiger partial charge in [0.25, 0.3) is 0 Å². The molecule has 1 unspecified atom stereocenters. The van der Waals surface area contributed by atoms with Crippen LogP contribution in [0.4, 0.5) is 8.78 Å². The summed E-state index contributed by atoms with van der Waals surface area (Å²) in [4.78, 5) is 24.8. The predicted octanol–water partition coefficient (Wildman–Crippen LogP) is 7.10. The van der Waals surface area contributed by atoms with Gasteiger partial charge in [-0.25, -0.2) is 8.78 Å². The van der Waals surface area contributed by atoms with E-state index in [-0.39, 0.29) is 5.82 Å². The summed E-state index contributed by atoms with van der Waals surface area (Å²) in [5.41, 5.74) is 3.24. The first-order valence-electron chi connectivity index (χ1n) is 16.1. The summed E-state index contributed by atoms with van der Waals surface area (Å²) in [6.45, 7) is 0. The molecule has 10 heteroatoms. The highest BCUT2D eigenvalue weighted by Crippen LogP contribution is 2.40. The van der Waals surface area contributed by atoms with E-state index in [1.54, 1.807) is 24.3 Å². The van der Waals surface area contributed by atoms with Crippen LogP contribution >= 0.6 is 0 Å². The number of Topliss-reactive ketones (excluding diaryl/α,β-unsaturated/α-hetero) is 1. The molecule has 0 aliphatic heterocycles. The van der Waals surface area contributed by atoms with Crippen LogP contribution in [0.25, 0.3) is 11.1 Å². The number of tetrazole rings is 1. The highest BCUT2D eigenvalue weighted by Gasteiger charge is 2.41. The SMILES string of the molecule is O=C(O)CC(=O)CC(O)/C=C/C(=C(c1ccc(F)cc1)c1ccc(F)cc1)c1nnn(C(c2ccccc2)(c2ccccc2)c2ccccc2)n1. The van der Waals surface area contributed by atoms with Crippen molar-refractivity contribution >= 4 is 22.9 Å². The number of carbonyl (C=O) groups excluding carboxylic acids is 1. The monoisotopic (exact) mass is 682 g/mol. The third kappa shape index (κ3) is 7.61. The molecule has 0 aliphatic carbocycles. The van der Waals surface area contributed by atoms with Gasteiger partial charge in [0.2, 0.25) is 5.82 Å². The second-order valence-electron chi connectivity index (χ2n) is 11.8. The van der Waals surface area contributed by atoms with Crippen molar-refractivity contribution in [3.05, 3.63) is 197 Å². The quantitative estimate of drug-likeness (QED) is 0.0758. The van der Waals surface area contributed by atoms with Crippen molar-refractivity contribution in [2.24, 2.45) is 0 Å². The molecule has 6 aromatic rings. The fraction of sp³-hybridized carbons (Fsp3) is 0.0976. The van der Waals surface area contributed by atoms with E-state index in [1.165, 1.54) is 41.2 Å². The van der Waals surface area contributed by atoms with Crippen molar-refractivity contribution in [3.63, 3.8) is 0 Å². The molecule has 0 aliphatic rings. The van der Waals surface area contributed by atoms with Crippen molar-refractivity contribution < 1.29 is 28.6 Å². The third-order valence-electron chi connectivity index (χ3n) is 8.33. The maximum absolute atomic E-state index is 14.2. The summed E-state index contributed by atoms with van der Waals surface area (Å²) >= 11 is 0. The van der Waals surface area contributed by atoms with Gasteiger partial charge in [0.15, 0.2) is 5.54 Å². The minimum Gasteiger partial charge on any atom is -0.481 e. The average molecular weight is 683 g/mol. The van der Waals surface area contributed by atoms with E-state index in [0.717, 1.165) is 16.7 Å². The lowest BCUT2D eigenvalue weighted by Crippen LogP contribution is -2.39. The Hall–Kier alpha value is -6.39. The standard InChI is InChI=1S/C41H32F2N4O4/c42-33-20-16-28(17-21-33)39(29-18-22-34(43)23-19-29)37(25-24-35(48)26-36(49)27-38(50)51)40-44-46-47(45-40)41(30-10-4-1-5-11-30,31-12-6-2-7-13-31)32-14-8-3-9-15-32/h1-25,35,48H,26-27H2,(H,50,51)/b25-24+. The molecule has 0 radical (unpaired) electrons. The van der Waals surface area contributed by atoms with Crippen molar-refractivity contribution in [2.75, 3.05) is 0 Å². The number of hydrogen-bond acceptors (Lipinski definition) is 6. The van der Waals surface area contributed by atoms with Gasteiger partial charge >= 0.3 is 5.97 Å². The van der Waals surface area contributed by atoms with Crippen molar-refractivity contribution in [1.29, 1.82) is 0 Å². The zero-order valence-corrected chi connectivity index (χ0v) is 27.2. The average Bonchev–Trinajstić information content (AvgIpc) is 3.63. The third-order valence-corrected chi connectivity index (χ3v) is 8.33. The molecule has 1 heterocycles. The molecule has 254 valence electrons. The van der Waals surface area contributed by atoms with E-state index in [9.17, 15) is 23.5 Å². The van der Waals surface area contributed by atoms with Gasteiger partial charge in [0.05, 0.1) is 6.10 Å². The lowest BCUT2D eigenvalue weighted by molar-refractivity contribution is -0.140. The maximum Gasteiger partial charge on any atom is 0.310 e. The minimum atomic E-state index is -1.36. The van der Waals surface area contributed by atoms with Gasteiger partial charge < -0.3 is 10.2 Å². The number of aliphatic hydroxyl groups is 1. The van der Waals surface area contributed by atoms with E-state index in [4.69, 9.17) is 10.2 Å². The fourth-order valence-electron chi connectivity index (χ4n) is 6.08. The molecule has 51 heavy (non-hydrogen) atoms. The second-order valence-corrected chi connectivity index (χ2v) is 11.8. The number of carboxylic acid groups (broad SMARTS) is 1. The van der Waals surface area contributed by atoms with Crippen molar-refractivity contribution in [3.8, 4) is 0 Å². The Morgan fingerprint density at radius 1 is 0.706 bits per heavy atom. The number of aromatic nitrogens is 4. The molecule has 5 aromatic carbocycles. The van der Waals surface area contributed by atoms with Gasteiger partial charge in [-0.05, 0) is 57.3 Å². The minimum absolute atomic E-state index is 0.103. The number of carbonyl (C=O) groups is 2. The number of allylic oxidation sites excluding steroid dienone is 2. The summed E-state index contributed by atoms with van der Waals surface area (Å²) in [5, 5.41) is 34.1. The highest BCUT2D eigenvalue weighted by atomic mass is 19.1. The number of nitrogens with zero attached hydrogens (tertiary/aromatic N) is 4. The largest absolute Gasteiger partial charge is 0.481 e. The van der Waals surface area contributed by atoms with Crippen LogP contribution in [0.15, 0.2) is 152 Å². The van der Waals surface area contributed by atoms with Gasteiger partial charge in [-0.15, -0.1) is 15.0 Å². The zero-order valence-electron chi connectivity index (χ0n) is 27.2. The highest BCUT2D eigenvalue weighted by molar-refractivity contribution is 6.01. The number of ketones is 1. The van der Waals surface area contributed by atoms with Crippen molar-refractivity contribution in [2.45, 2.75) is 24.5 Å². The summed E-state index contributed by atoms with van der Waals surface area (Å²) in [5.74, 6) is -2.80. The maximum atomic E-state index is 14.2. The fourth-order valence-corrected chi connectivity index (χ4v) is 6.08. The van der Waals surface area contributed by atoms with Gasteiger partial charge in [-0.1, -0.05) is 127 Å². The van der Waals surface area contributed by atoms with E-state index < -0.39 is 47.9 Å². The first-order valence-corrected chi connectivity index (χ1v) is 16.1. The molecule has 0 saturated heterocycles. The number of halogens is 2. The Morgan fingerprint density at radius 3 is 1.59 bits per heavy atom. The Bertz CT molecular complexity index is 2020. The lowest BCUT2D eigenvalue weighted by Gasteiger charge is -2.34. The molecular formula is C41H32F2N4O4. The number of carboxylic acids is 1. The van der Waals surface area contributed by atoms with Gasteiger partial charge in [0, 0.05) is 17.6 Å². The van der Waals surface area contributed by atoms with Crippen LogP contribution in [0.3, 0.4) is 0 Å². The van der Waals surface area contributed by atoms with E-state index >= 15 is 0 Å². The number of aliphatic hydroxyl groups excluding tert-OH is 1. The predicted molar refractivity (Wildman–Crippen MR) is 188 cm³/mol. The number of benzene rings is 5. The van der Waals surface area contributed by atoms with Crippen LogP contribution in [0.1, 0.15) is 46.5 Å². The molecule has 8 nitrogen and oxygen atoms in total. The molecule has 2 N–H and O–H groups in total. The molecule has 0 fully saturated rings. The molecule has 0 spiro atoms. The van der Waals surface area contributed by atoms with Crippen molar-refractivity contribution in [1.82, 2.24) is 20.2 Å². The number of rotatable bonds is 13. The second kappa shape index (κ2) is 15.4. The Kier molecular flexibility index (Phi) is 10.4. The van der Waals surface area contributed by atoms with E-state index in [0.29, 0.717) is 22.3 Å². The number of aliphatic carboxylic acids is 1. The van der Waals surface area contributed by atoms with Crippen LogP contribution in [-0.2, 0) is 15.1 Å². The molecule has 1 aromatic heterocycles. The molecule has 0 saturated carbocycles. The Morgan fingerprint density at radius 2 is 1.16 bits per heavy atom. The van der Waals surface area contributed by atoms with Crippen LogP contribution in [0, 0.1) is 11.6 Å². The topological polar surface area (TPSA) is 118 Å². The smallest absolute Gasteiger partial charge is 0.310 e. The summed E-state index contributed by atoms with van der Waals surface area (Å²) in [6, 6.07) is 40.6. The molecule has 6 rings (SSSR count). The normalized spacial score (nSPS) is 12.1. The first-order chi connectivity index (χ1) is 24.8. The van der Waals surface area contributed by atoms with Crippen LogP contribution in [-0.4, -0.2) is 48.3 Å². The van der Waals surface area contributed by atoms with Crippen LogP contribution < -0.4 is 0 Å². The molecule has 0 amide bonds. The summed E-state index contributed by atoms with van der Waals surface area (Å²) < 4.78 is 28.4. The van der Waals surface area contributed by atoms with Gasteiger partial charge in [0.1, 0.15) is 23.8 Å². The number of hydrogen-bond donors (Lipinski definition) is 2. The Labute approximate surface area is 292 Å². The molecule has 0 bridgehead atoms. The first kappa shape index (κ1) is 34.5. The lowest BCUT2D eigenvalue weighted by atomic mass is 9.77. The van der Waals surface area contributed by atoms with E-state index in [1.807, 2.05) is 91.0 Å².